The van der Waals surface area contributed by atoms with Gasteiger partial charge < -0.3 is 25.0 Å². The average Bonchev–Trinajstić information content (AvgIpc) is 3.45. The molecule has 3 fully saturated rings. The minimum Gasteiger partial charge on any atom is -0.507 e. The molecular weight excluding hydrogens is 478 g/mol. The Labute approximate surface area is 214 Å². The number of rotatable bonds is 7. The summed E-state index contributed by atoms with van der Waals surface area (Å²) in [6, 6.07) is 5.42. The highest BCUT2D eigenvalue weighted by molar-refractivity contribution is 5.90. The van der Waals surface area contributed by atoms with Crippen LogP contribution in [0.25, 0.3) is 22.3 Å². The molecule has 2 N–H and O–H groups in total. The van der Waals surface area contributed by atoms with Gasteiger partial charge in [-0.3, -0.25) is 0 Å². The van der Waals surface area contributed by atoms with Gasteiger partial charge in [-0.2, -0.15) is 9.97 Å². The van der Waals surface area contributed by atoms with Gasteiger partial charge in [0, 0.05) is 37.6 Å². The maximum Gasteiger partial charge on any atom is 0.320 e. The molecule has 196 valence electrons. The normalized spacial score (nSPS) is 21.5. The van der Waals surface area contributed by atoms with E-state index >= 15 is 4.39 Å². The number of nitrogens with zero attached hydrogens (tertiary/aromatic N) is 5. The van der Waals surface area contributed by atoms with Crippen LogP contribution in [0.4, 0.5) is 14.6 Å². The average molecular weight is 511 g/mol. The Hall–Kier alpha value is -3.11. The first-order chi connectivity index (χ1) is 17.9. The number of ether oxygens (including phenoxy) is 1. The monoisotopic (exact) mass is 510 g/mol. The molecule has 6 rings (SSSR count). The Morgan fingerprint density at radius 3 is 2.65 bits per heavy atom. The standard InChI is InChI=1S/C27H32F2N6O2/c1-17-14-30-9-12-35(17)25-18-13-20(29)23(22-19(28)5-4-6-21(22)36)31-24(18)32-26(33-25)37-16-27(7-8-27)15-34-10-2-3-11-34/h4-6,13,17,30,36H,2-3,7-12,14-16H2,1H3. The number of benzene rings is 1. The van der Waals surface area contributed by atoms with Crippen molar-refractivity contribution in [2.75, 3.05) is 50.8 Å². The van der Waals surface area contributed by atoms with E-state index in [0.29, 0.717) is 24.4 Å². The largest absolute Gasteiger partial charge is 0.507 e. The predicted octanol–water partition coefficient (Wildman–Crippen LogP) is 3.73. The summed E-state index contributed by atoms with van der Waals surface area (Å²) in [5.41, 5.74) is -0.262. The lowest BCUT2D eigenvalue weighted by molar-refractivity contribution is 0.170. The number of aromatic nitrogens is 3. The molecule has 10 heteroatoms. The van der Waals surface area contributed by atoms with E-state index in [2.05, 4.69) is 32.0 Å². The van der Waals surface area contributed by atoms with Crippen LogP contribution in [0.1, 0.15) is 32.6 Å². The number of hydrogen-bond donors (Lipinski definition) is 2. The molecule has 0 bridgehead atoms. The zero-order chi connectivity index (χ0) is 25.6. The highest BCUT2D eigenvalue weighted by Crippen LogP contribution is 2.47. The van der Waals surface area contributed by atoms with Crippen LogP contribution in [0.15, 0.2) is 24.3 Å². The summed E-state index contributed by atoms with van der Waals surface area (Å²) in [6.07, 6.45) is 4.72. The van der Waals surface area contributed by atoms with E-state index in [1.165, 1.54) is 31.0 Å². The lowest BCUT2D eigenvalue weighted by atomic mass is 10.1. The van der Waals surface area contributed by atoms with Gasteiger partial charge in [-0.05, 0) is 63.9 Å². The number of phenols is 1. The summed E-state index contributed by atoms with van der Waals surface area (Å²) in [6.45, 7) is 8.09. The molecule has 1 aromatic carbocycles. The van der Waals surface area contributed by atoms with Crippen LogP contribution in [-0.4, -0.2) is 76.9 Å². The van der Waals surface area contributed by atoms with Crippen LogP contribution in [0.2, 0.25) is 0 Å². The Bertz CT molecular complexity index is 1290. The number of piperazine rings is 1. The fourth-order valence-electron chi connectivity index (χ4n) is 5.51. The third kappa shape index (κ3) is 4.80. The van der Waals surface area contributed by atoms with Gasteiger partial charge in [0.1, 0.15) is 23.1 Å². The van der Waals surface area contributed by atoms with Gasteiger partial charge in [0.15, 0.2) is 11.5 Å². The smallest absolute Gasteiger partial charge is 0.320 e. The SMILES string of the molecule is CC1CNCCN1c1nc(OCC2(CN3CCCC3)CC2)nc2nc(-c3c(O)cccc3F)c(F)cc12. The number of likely N-dealkylation sites (tertiary alicyclic amines) is 1. The van der Waals surface area contributed by atoms with E-state index in [0.717, 1.165) is 51.6 Å². The fraction of sp³-hybridized carbons (Fsp3) is 0.519. The molecule has 0 amide bonds. The molecule has 1 atom stereocenters. The second-order valence-electron chi connectivity index (χ2n) is 10.7. The maximum atomic E-state index is 15.4. The molecule has 0 radical (unpaired) electrons. The van der Waals surface area contributed by atoms with Gasteiger partial charge in [0.05, 0.1) is 17.6 Å². The van der Waals surface area contributed by atoms with Gasteiger partial charge in [-0.1, -0.05) is 6.07 Å². The van der Waals surface area contributed by atoms with Crippen molar-refractivity contribution in [3.63, 3.8) is 0 Å². The quantitative estimate of drug-likeness (QED) is 0.497. The number of pyridine rings is 1. The summed E-state index contributed by atoms with van der Waals surface area (Å²) in [7, 11) is 0. The van der Waals surface area contributed by atoms with E-state index < -0.39 is 11.6 Å². The Morgan fingerprint density at radius 1 is 1.11 bits per heavy atom. The van der Waals surface area contributed by atoms with Gasteiger partial charge in [-0.25, -0.2) is 13.8 Å². The Kier molecular flexibility index (Phi) is 6.32. The Morgan fingerprint density at radius 2 is 1.92 bits per heavy atom. The molecule has 0 spiro atoms. The number of halogens is 2. The molecule has 1 unspecified atom stereocenters. The molecular formula is C27H32F2N6O2. The van der Waals surface area contributed by atoms with Crippen LogP contribution in [-0.2, 0) is 0 Å². The molecule has 2 aliphatic heterocycles. The van der Waals surface area contributed by atoms with E-state index in [1.54, 1.807) is 0 Å². The molecule has 37 heavy (non-hydrogen) atoms. The predicted molar refractivity (Wildman–Crippen MR) is 137 cm³/mol. The second-order valence-corrected chi connectivity index (χ2v) is 10.7. The van der Waals surface area contributed by atoms with Gasteiger partial charge in [0.25, 0.3) is 0 Å². The first-order valence-corrected chi connectivity index (χ1v) is 13.1. The van der Waals surface area contributed by atoms with E-state index in [1.807, 2.05) is 0 Å². The highest BCUT2D eigenvalue weighted by Gasteiger charge is 2.45. The summed E-state index contributed by atoms with van der Waals surface area (Å²) >= 11 is 0. The minimum absolute atomic E-state index is 0.114. The first kappa shape index (κ1) is 24.2. The summed E-state index contributed by atoms with van der Waals surface area (Å²) in [5, 5.41) is 14.0. The molecule has 2 saturated heterocycles. The molecule has 3 aliphatic rings. The van der Waals surface area contributed by atoms with Crippen molar-refractivity contribution in [1.29, 1.82) is 0 Å². The van der Waals surface area contributed by atoms with E-state index in [-0.39, 0.29) is 40.1 Å². The summed E-state index contributed by atoms with van der Waals surface area (Å²) < 4.78 is 36.1. The van der Waals surface area contributed by atoms with E-state index in [4.69, 9.17) is 9.72 Å². The number of anilines is 1. The highest BCUT2D eigenvalue weighted by atomic mass is 19.1. The maximum absolute atomic E-state index is 15.4. The van der Waals surface area contributed by atoms with Crippen molar-refractivity contribution < 1.29 is 18.6 Å². The number of phenolic OH excluding ortho intramolecular Hbond substituents is 1. The summed E-state index contributed by atoms with van der Waals surface area (Å²) in [4.78, 5) is 18.3. The van der Waals surface area contributed by atoms with Crippen LogP contribution in [0, 0.1) is 17.0 Å². The molecule has 1 saturated carbocycles. The number of nitrogens with one attached hydrogen (secondary N) is 1. The zero-order valence-corrected chi connectivity index (χ0v) is 21.0. The van der Waals surface area contributed by atoms with Gasteiger partial charge >= 0.3 is 6.01 Å². The second kappa shape index (κ2) is 9.64. The minimum atomic E-state index is -0.759. The molecule has 4 heterocycles. The van der Waals surface area contributed by atoms with Crippen LogP contribution < -0.4 is 15.0 Å². The van der Waals surface area contributed by atoms with Crippen molar-refractivity contribution in [2.45, 2.75) is 38.6 Å². The van der Waals surface area contributed by atoms with E-state index in [9.17, 15) is 9.50 Å². The first-order valence-electron chi connectivity index (χ1n) is 13.1. The number of hydrogen-bond acceptors (Lipinski definition) is 8. The third-order valence-corrected chi connectivity index (χ3v) is 7.82. The number of aromatic hydroxyl groups is 1. The van der Waals surface area contributed by atoms with Crippen molar-refractivity contribution in [3.8, 4) is 23.0 Å². The Balaban J connectivity index is 1.39. The van der Waals surface area contributed by atoms with Crippen LogP contribution in [0.3, 0.4) is 0 Å². The summed E-state index contributed by atoms with van der Waals surface area (Å²) in [5.74, 6) is -1.35. The molecule has 3 aromatic rings. The van der Waals surface area contributed by atoms with Crippen molar-refractivity contribution >= 4 is 16.9 Å². The fourth-order valence-corrected chi connectivity index (χ4v) is 5.51. The molecule has 2 aromatic heterocycles. The van der Waals surface area contributed by atoms with Crippen molar-refractivity contribution in [1.82, 2.24) is 25.2 Å². The van der Waals surface area contributed by atoms with Gasteiger partial charge in [0.2, 0.25) is 0 Å². The van der Waals surface area contributed by atoms with Crippen LogP contribution >= 0.6 is 0 Å². The topological polar surface area (TPSA) is 86.6 Å². The van der Waals surface area contributed by atoms with Crippen molar-refractivity contribution in [2.24, 2.45) is 5.41 Å². The zero-order valence-electron chi connectivity index (χ0n) is 21.0. The van der Waals surface area contributed by atoms with Gasteiger partial charge in [-0.15, -0.1) is 0 Å². The molecule has 8 nitrogen and oxygen atoms in total. The molecule has 1 aliphatic carbocycles. The number of fused-ring (bicyclic) bond motifs is 1. The van der Waals surface area contributed by atoms with Crippen molar-refractivity contribution in [3.05, 3.63) is 35.9 Å². The lowest BCUT2D eigenvalue weighted by Crippen LogP contribution is -2.50. The lowest BCUT2D eigenvalue weighted by Gasteiger charge is -2.35. The third-order valence-electron chi connectivity index (χ3n) is 7.82. The van der Waals surface area contributed by atoms with Crippen LogP contribution in [0.5, 0.6) is 11.8 Å².